The van der Waals surface area contributed by atoms with Crippen molar-refractivity contribution < 1.29 is 13.2 Å². The summed E-state index contributed by atoms with van der Waals surface area (Å²) in [5.74, 6) is 1.76. The average Bonchev–Trinajstić information content (AvgIpc) is 3.08. The molecule has 1 N–H and O–H groups in total. The third kappa shape index (κ3) is 5.07. The fraction of sp³-hybridized carbons (Fsp3) is 0.778. The van der Waals surface area contributed by atoms with Crippen LogP contribution in [0, 0.1) is 0 Å². The minimum Gasteiger partial charge on any atom is -0.353 e. The molecule has 2 fully saturated rings. The molecule has 1 aromatic heterocycles. The number of carbonyl (C=O) groups is 1. The Hall–Kier alpha value is -1.41. The van der Waals surface area contributed by atoms with E-state index >= 15 is 0 Å². The molecule has 0 radical (unpaired) electrons. The Morgan fingerprint density at radius 3 is 2.58 bits per heavy atom. The summed E-state index contributed by atoms with van der Waals surface area (Å²) >= 11 is 0. The maximum Gasteiger partial charge on any atom is 0.222 e. The van der Waals surface area contributed by atoms with Gasteiger partial charge in [-0.15, -0.1) is 0 Å². The largest absolute Gasteiger partial charge is 0.353 e. The maximum atomic E-state index is 12.2. The number of nitrogens with zero attached hydrogens (tertiary/aromatic N) is 3. The van der Waals surface area contributed by atoms with Crippen molar-refractivity contribution in [2.24, 2.45) is 0 Å². The second-order valence-corrected chi connectivity index (χ2v) is 9.70. The first-order valence-electron chi connectivity index (χ1n) is 9.70. The second kappa shape index (κ2) is 8.52. The van der Waals surface area contributed by atoms with E-state index in [0.717, 1.165) is 51.0 Å². The second-order valence-electron chi connectivity index (χ2n) is 7.40. The number of sulfone groups is 1. The molecule has 7 nitrogen and oxygen atoms in total. The van der Waals surface area contributed by atoms with Crippen molar-refractivity contribution in [3.63, 3.8) is 0 Å². The number of rotatable bonds is 6. The van der Waals surface area contributed by atoms with Gasteiger partial charge in [-0.1, -0.05) is 6.92 Å². The molecule has 2 aliphatic rings. The molecule has 0 aromatic carbocycles. The van der Waals surface area contributed by atoms with E-state index in [4.69, 9.17) is 0 Å². The van der Waals surface area contributed by atoms with Crippen LogP contribution in [0.5, 0.6) is 0 Å². The van der Waals surface area contributed by atoms with E-state index in [1.165, 1.54) is 0 Å². The zero-order chi connectivity index (χ0) is 18.6. The minimum atomic E-state index is -2.80. The molecule has 2 saturated heterocycles. The lowest BCUT2D eigenvalue weighted by Gasteiger charge is -2.39. The standard InChI is InChI=1S/C18H30N4O3S/c1-2-17-19-8-12-22(17)11-5-18(23)20-15-3-9-21(10-4-15)16-6-13-26(24,25)14-7-16/h8,12,15-16H,2-7,9-11,13-14H2,1H3,(H,20,23). The molecule has 0 bridgehead atoms. The van der Waals surface area contributed by atoms with Gasteiger partial charge in [0.05, 0.1) is 11.5 Å². The fourth-order valence-corrected chi connectivity index (χ4v) is 5.50. The number of hydrogen-bond acceptors (Lipinski definition) is 5. The Labute approximate surface area is 156 Å². The molecule has 2 aliphatic heterocycles. The quantitative estimate of drug-likeness (QED) is 0.793. The predicted molar refractivity (Wildman–Crippen MR) is 101 cm³/mol. The lowest BCUT2D eigenvalue weighted by atomic mass is 10.0. The Bertz CT molecular complexity index is 694. The average molecular weight is 383 g/mol. The number of aryl methyl sites for hydroxylation is 2. The van der Waals surface area contributed by atoms with E-state index in [1.807, 2.05) is 10.8 Å². The van der Waals surface area contributed by atoms with Crippen LogP contribution in [0.15, 0.2) is 12.4 Å². The molecule has 26 heavy (non-hydrogen) atoms. The van der Waals surface area contributed by atoms with Gasteiger partial charge >= 0.3 is 0 Å². The summed E-state index contributed by atoms with van der Waals surface area (Å²) in [7, 11) is -2.80. The molecule has 0 saturated carbocycles. The van der Waals surface area contributed by atoms with E-state index in [0.29, 0.717) is 30.5 Å². The molecule has 1 aromatic rings. The van der Waals surface area contributed by atoms with Crippen molar-refractivity contribution in [3.8, 4) is 0 Å². The van der Waals surface area contributed by atoms with Crippen molar-refractivity contribution in [1.82, 2.24) is 19.8 Å². The van der Waals surface area contributed by atoms with Gasteiger partial charge in [-0.25, -0.2) is 13.4 Å². The Kier molecular flexibility index (Phi) is 6.34. The van der Waals surface area contributed by atoms with Gasteiger partial charge in [-0.3, -0.25) is 4.79 Å². The van der Waals surface area contributed by atoms with E-state index in [-0.39, 0.29) is 11.9 Å². The molecule has 1 amide bonds. The van der Waals surface area contributed by atoms with Crippen LogP contribution in [0.3, 0.4) is 0 Å². The topological polar surface area (TPSA) is 84.3 Å². The molecular formula is C18H30N4O3S. The van der Waals surface area contributed by atoms with Crippen LogP contribution in [0.2, 0.25) is 0 Å². The van der Waals surface area contributed by atoms with Crippen LogP contribution in [-0.4, -0.2) is 65.5 Å². The molecular weight excluding hydrogens is 352 g/mol. The number of amides is 1. The van der Waals surface area contributed by atoms with Crippen LogP contribution in [-0.2, 0) is 27.6 Å². The van der Waals surface area contributed by atoms with E-state index < -0.39 is 9.84 Å². The zero-order valence-electron chi connectivity index (χ0n) is 15.6. The highest BCUT2D eigenvalue weighted by molar-refractivity contribution is 7.91. The minimum absolute atomic E-state index is 0.1000. The highest BCUT2D eigenvalue weighted by Crippen LogP contribution is 2.22. The molecule has 146 valence electrons. The first-order valence-corrected chi connectivity index (χ1v) is 11.5. The number of imidazole rings is 1. The van der Waals surface area contributed by atoms with Gasteiger partial charge in [0.15, 0.2) is 0 Å². The molecule has 0 atom stereocenters. The summed E-state index contributed by atoms with van der Waals surface area (Å²) < 4.78 is 25.2. The van der Waals surface area contributed by atoms with Crippen molar-refractivity contribution in [2.75, 3.05) is 24.6 Å². The third-order valence-electron chi connectivity index (χ3n) is 5.63. The molecule has 8 heteroatoms. The summed E-state index contributed by atoms with van der Waals surface area (Å²) in [6, 6.07) is 0.628. The number of piperidine rings is 1. The van der Waals surface area contributed by atoms with Crippen LogP contribution in [0.4, 0.5) is 0 Å². The number of aromatic nitrogens is 2. The van der Waals surface area contributed by atoms with Crippen molar-refractivity contribution >= 4 is 15.7 Å². The van der Waals surface area contributed by atoms with Crippen LogP contribution in [0.1, 0.15) is 44.9 Å². The maximum absolute atomic E-state index is 12.2. The Morgan fingerprint density at radius 2 is 1.92 bits per heavy atom. The van der Waals surface area contributed by atoms with Gasteiger partial charge in [0.2, 0.25) is 5.91 Å². The summed E-state index contributed by atoms with van der Waals surface area (Å²) in [5.41, 5.74) is 0. The lowest BCUT2D eigenvalue weighted by Crippen LogP contribution is -2.49. The van der Waals surface area contributed by atoms with Crippen LogP contribution >= 0.6 is 0 Å². The highest BCUT2D eigenvalue weighted by atomic mass is 32.2. The van der Waals surface area contributed by atoms with Gasteiger partial charge in [0.1, 0.15) is 15.7 Å². The number of carbonyl (C=O) groups excluding carboxylic acids is 1. The van der Waals surface area contributed by atoms with Gasteiger partial charge in [-0.2, -0.15) is 0 Å². The summed E-state index contributed by atoms with van der Waals surface area (Å²) in [4.78, 5) is 18.9. The molecule has 3 heterocycles. The molecule has 3 rings (SSSR count). The van der Waals surface area contributed by atoms with Crippen LogP contribution in [0.25, 0.3) is 0 Å². The normalized spacial score (nSPS) is 22.3. The smallest absolute Gasteiger partial charge is 0.222 e. The summed E-state index contributed by atoms with van der Waals surface area (Å²) in [5, 5.41) is 3.16. The lowest BCUT2D eigenvalue weighted by molar-refractivity contribution is -0.122. The van der Waals surface area contributed by atoms with E-state index in [9.17, 15) is 13.2 Å². The zero-order valence-corrected chi connectivity index (χ0v) is 16.4. The summed E-state index contributed by atoms with van der Waals surface area (Å²) in [6.07, 6.45) is 8.45. The molecule has 0 unspecified atom stereocenters. The molecule has 0 aliphatic carbocycles. The van der Waals surface area contributed by atoms with Crippen molar-refractivity contribution in [3.05, 3.63) is 18.2 Å². The predicted octanol–water partition coefficient (Wildman–Crippen LogP) is 0.993. The van der Waals surface area contributed by atoms with Gasteiger partial charge in [0.25, 0.3) is 0 Å². The SMILES string of the molecule is CCc1nccn1CCC(=O)NC1CCN(C2CCS(=O)(=O)CC2)CC1. The monoisotopic (exact) mass is 382 g/mol. The van der Waals surface area contributed by atoms with E-state index in [1.54, 1.807) is 6.20 Å². The third-order valence-corrected chi connectivity index (χ3v) is 7.35. The van der Waals surface area contributed by atoms with Gasteiger partial charge in [-0.05, 0) is 25.7 Å². The number of likely N-dealkylation sites (tertiary alicyclic amines) is 1. The Balaban J connectivity index is 1.38. The highest BCUT2D eigenvalue weighted by Gasteiger charge is 2.30. The first kappa shape index (κ1) is 19.4. The Morgan fingerprint density at radius 1 is 1.23 bits per heavy atom. The van der Waals surface area contributed by atoms with Crippen molar-refractivity contribution in [2.45, 2.75) is 64.1 Å². The first-order chi connectivity index (χ1) is 12.5. The van der Waals surface area contributed by atoms with Gasteiger partial charge < -0.3 is 14.8 Å². The number of hydrogen-bond donors (Lipinski definition) is 1. The van der Waals surface area contributed by atoms with Crippen molar-refractivity contribution in [1.29, 1.82) is 0 Å². The van der Waals surface area contributed by atoms with Gasteiger partial charge in [0, 0.05) is 57.0 Å². The van der Waals surface area contributed by atoms with Crippen LogP contribution < -0.4 is 5.32 Å². The molecule has 0 spiro atoms. The fourth-order valence-electron chi connectivity index (χ4n) is 4.03. The van der Waals surface area contributed by atoms with E-state index in [2.05, 4.69) is 22.1 Å². The number of nitrogens with one attached hydrogen (secondary N) is 1. The summed E-state index contributed by atoms with van der Waals surface area (Å²) in [6.45, 7) is 4.62.